The Kier molecular flexibility index (Phi) is 3.90. The van der Waals surface area contributed by atoms with Crippen molar-refractivity contribution in [1.82, 2.24) is 4.90 Å². The number of nitrogens with zero attached hydrogens (tertiary/aromatic N) is 1. The fourth-order valence-corrected chi connectivity index (χ4v) is 2.34. The Morgan fingerprint density at radius 2 is 2.19 bits per heavy atom. The van der Waals surface area contributed by atoms with E-state index in [2.05, 4.69) is 11.8 Å². The van der Waals surface area contributed by atoms with E-state index >= 15 is 0 Å². The molecule has 2 N–H and O–H groups in total. The van der Waals surface area contributed by atoms with Gasteiger partial charge in [0.2, 0.25) is 0 Å². The van der Waals surface area contributed by atoms with Gasteiger partial charge in [-0.2, -0.15) is 0 Å². The monoisotopic (exact) mass is 242 g/mol. The van der Waals surface area contributed by atoms with Gasteiger partial charge in [0.25, 0.3) is 0 Å². The van der Waals surface area contributed by atoms with E-state index in [1.165, 1.54) is 12.8 Å². The topological polar surface area (TPSA) is 42.4 Å². The quantitative estimate of drug-likeness (QED) is 0.886. The van der Waals surface area contributed by atoms with Crippen LogP contribution in [0.15, 0.2) is 10.5 Å². The van der Waals surface area contributed by atoms with Crippen molar-refractivity contribution in [3.63, 3.8) is 0 Å². The summed E-state index contributed by atoms with van der Waals surface area (Å²) in [5.41, 5.74) is 6.58. The maximum atomic E-state index is 6.02. The van der Waals surface area contributed by atoms with Crippen LogP contribution in [0.25, 0.3) is 0 Å². The second-order valence-electron chi connectivity index (χ2n) is 4.67. The molecular weight excluding hydrogens is 224 g/mol. The smallest absolute Gasteiger partial charge is 0.197 e. The molecular formula is C12H19ClN2O. The van der Waals surface area contributed by atoms with Gasteiger partial charge in [-0.25, -0.2) is 0 Å². The molecule has 0 radical (unpaired) electrons. The van der Waals surface area contributed by atoms with E-state index in [1.807, 2.05) is 6.07 Å². The van der Waals surface area contributed by atoms with Crippen LogP contribution >= 0.6 is 11.6 Å². The van der Waals surface area contributed by atoms with Gasteiger partial charge in [0.15, 0.2) is 5.22 Å². The minimum atomic E-state index is 0.413. The summed E-state index contributed by atoms with van der Waals surface area (Å²) in [5, 5.41) is 0.499. The molecule has 2 heterocycles. The normalized spacial score (nSPS) is 19.2. The molecule has 1 fully saturated rings. The molecule has 0 aliphatic carbocycles. The van der Waals surface area contributed by atoms with Crippen molar-refractivity contribution < 1.29 is 4.42 Å². The molecule has 0 bridgehead atoms. The van der Waals surface area contributed by atoms with E-state index in [4.69, 9.17) is 21.8 Å². The van der Waals surface area contributed by atoms with Crippen molar-refractivity contribution in [2.24, 2.45) is 11.7 Å². The molecule has 0 saturated carbocycles. The summed E-state index contributed by atoms with van der Waals surface area (Å²) in [6.45, 7) is 5.92. The lowest BCUT2D eigenvalue weighted by atomic mass is 9.99. The number of nitrogens with two attached hydrogens (primary N) is 1. The standard InChI is InChI=1S/C12H19ClN2O/c1-9-2-4-15(5-3-9)8-10-6-11(7-14)16-12(10)13/h6,9H,2-5,7-8,14H2,1H3. The van der Waals surface area contributed by atoms with Gasteiger partial charge in [-0.3, -0.25) is 4.90 Å². The van der Waals surface area contributed by atoms with Crippen LogP contribution in [0.5, 0.6) is 0 Å². The largest absolute Gasteiger partial charge is 0.448 e. The Morgan fingerprint density at radius 3 is 2.75 bits per heavy atom. The second kappa shape index (κ2) is 5.21. The van der Waals surface area contributed by atoms with E-state index < -0.39 is 0 Å². The van der Waals surface area contributed by atoms with Gasteiger partial charge < -0.3 is 10.2 Å². The molecule has 0 aromatic carbocycles. The van der Waals surface area contributed by atoms with Crippen molar-refractivity contribution in [3.8, 4) is 0 Å². The van der Waals surface area contributed by atoms with E-state index in [1.54, 1.807) is 0 Å². The lowest BCUT2D eigenvalue weighted by Crippen LogP contribution is -2.32. The molecule has 16 heavy (non-hydrogen) atoms. The van der Waals surface area contributed by atoms with Gasteiger partial charge in [0, 0.05) is 12.1 Å². The molecule has 1 aliphatic rings. The minimum absolute atomic E-state index is 0.413. The van der Waals surface area contributed by atoms with Crippen molar-refractivity contribution in [2.75, 3.05) is 13.1 Å². The number of halogens is 1. The zero-order valence-corrected chi connectivity index (χ0v) is 10.5. The van der Waals surface area contributed by atoms with Crippen LogP contribution in [0.3, 0.4) is 0 Å². The maximum absolute atomic E-state index is 6.02. The molecule has 0 atom stereocenters. The Hall–Kier alpha value is -0.510. The van der Waals surface area contributed by atoms with Crippen molar-refractivity contribution in [1.29, 1.82) is 0 Å². The van der Waals surface area contributed by atoms with E-state index in [9.17, 15) is 0 Å². The first-order valence-electron chi connectivity index (χ1n) is 5.88. The van der Waals surface area contributed by atoms with Gasteiger partial charge >= 0.3 is 0 Å². The third kappa shape index (κ3) is 2.78. The summed E-state index contributed by atoms with van der Waals surface area (Å²) < 4.78 is 5.34. The average molecular weight is 243 g/mol. The summed E-state index contributed by atoms with van der Waals surface area (Å²) in [6.07, 6.45) is 2.55. The first-order valence-corrected chi connectivity index (χ1v) is 6.26. The van der Waals surface area contributed by atoms with Crippen LogP contribution in [0.1, 0.15) is 31.1 Å². The van der Waals surface area contributed by atoms with Crippen LogP contribution < -0.4 is 5.73 Å². The molecule has 0 unspecified atom stereocenters. The van der Waals surface area contributed by atoms with Gasteiger partial charge in [-0.15, -0.1) is 0 Å². The minimum Gasteiger partial charge on any atom is -0.448 e. The highest BCUT2D eigenvalue weighted by Gasteiger charge is 2.18. The third-order valence-corrected chi connectivity index (χ3v) is 3.60. The number of furan rings is 1. The highest BCUT2D eigenvalue weighted by molar-refractivity contribution is 6.29. The zero-order chi connectivity index (χ0) is 11.5. The van der Waals surface area contributed by atoms with E-state index in [0.717, 1.165) is 36.9 Å². The number of rotatable bonds is 3. The van der Waals surface area contributed by atoms with Crippen LogP contribution in [0, 0.1) is 5.92 Å². The lowest BCUT2D eigenvalue weighted by Gasteiger charge is -2.29. The summed E-state index contributed by atoms with van der Waals surface area (Å²) in [5.74, 6) is 1.63. The van der Waals surface area contributed by atoms with Crippen molar-refractivity contribution >= 4 is 11.6 Å². The molecule has 1 aromatic rings. The van der Waals surface area contributed by atoms with Crippen LogP contribution in [-0.4, -0.2) is 18.0 Å². The van der Waals surface area contributed by atoms with Crippen molar-refractivity contribution in [2.45, 2.75) is 32.9 Å². The number of hydrogen-bond donors (Lipinski definition) is 1. The number of likely N-dealkylation sites (tertiary alicyclic amines) is 1. The Labute approximate surface area is 102 Å². The predicted molar refractivity (Wildman–Crippen MR) is 65.3 cm³/mol. The second-order valence-corrected chi connectivity index (χ2v) is 5.02. The zero-order valence-electron chi connectivity index (χ0n) is 9.71. The first-order chi connectivity index (χ1) is 7.69. The third-order valence-electron chi connectivity index (χ3n) is 3.28. The summed E-state index contributed by atoms with van der Waals surface area (Å²) in [4.78, 5) is 2.43. The molecule has 1 saturated heterocycles. The van der Waals surface area contributed by atoms with E-state index in [-0.39, 0.29) is 0 Å². The van der Waals surface area contributed by atoms with E-state index in [0.29, 0.717) is 11.8 Å². The van der Waals surface area contributed by atoms with Crippen LogP contribution in [0.2, 0.25) is 5.22 Å². The highest BCUT2D eigenvalue weighted by Crippen LogP contribution is 2.24. The molecule has 4 heteroatoms. The number of hydrogen-bond acceptors (Lipinski definition) is 3. The van der Waals surface area contributed by atoms with Gasteiger partial charge in [0.1, 0.15) is 5.76 Å². The SMILES string of the molecule is CC1CCN(Cc2cc(CN)oc2Cl)CC1. The Balaban J connectivity index is 1.95. The molecule has 2 rings (SSSR count). The van der Waals surface area contributed by atoms with Crippen LogP contribution in [0.4, 0.5) is 0 Å². The number of piperidine rings is 1. The van der Waals surface area contributed by atoms with Gasteiger partial charge in [0.05, 0.1) is 6.54 Å². The van der Waals surface area contributed by atoms with Gasteiger partial charge in [-0.05, 0) is 49.5 Å². The molecule has 1 aliphatic heterocycles. The molecule has 0 spiro atoms. The molecule has 1 aromatic heterocycles. The van der Waals surface area contributed by atoms with Crippen LogP contribution in [-0.2, 0) is 13.1 Å². The summed E-state index contributed by atoms with van der Waals surface area (Å²) >= 11 is 6.02. The summed E-state index contributed by atoms with van der Waals surface area (Å²) in [6, 6.07) is 1.97. The Morgan fingerprint density at radius 1 is 1.50 bits per heavy atom. The predicted octanol–water partition coefficient (Wildman–Crippen LogP) is 2.62. The molecule has 90 valence electrons. The maximum Gasteiger partial charge on any atom is 0.197 e. The molecule has 0 amide bonds. The highest BCUT2D eigenvalue weighted by atomic mass is 35.5. The van der Waals surface area contributed by atoms with Crippen molar-refractivity contribution in [3.05, 3.63) is 22.6 Å². The lowest BCUT2D eigenvalue weighted by molar-refractivity contribution is 0.185. The fraction of sp³-hybridized carbons (Fsp3) is 0.667. The Bertz CT molecular complexity index is 343. The first kappa shape index (κ1) is 12.0. The average Bonchev–Trinajstić information content (AvgIpc) is 2.63. The molecule has 3 nitrogen and oxygen atoms in total. The van der Waals surface area contributed by atoms with Gasteiger partial charge in [-0.1, -0.05) is 6.92 Å². The fourth-order valence-electron chi connectivity index (χ4n) is 2.13. The summed E-state index contributed by atoms with van der Waals surface area (Å²) in [7, 11) is 0.